The molecule has 1 aromatic carbocycles. The molecule has 0 saturated carbocycles. The van der Waals surface area contributed by atoms with E-state index in [9.17, 15) is 4.79 Å². The molecule has 0 aromatic heterocycles. The number of benzene rings is 1. The third-order valence-corrected chi connectivity index (χ3v) is 4.25. The summed E-state index contributed by atoms with van der Waals surface area (Å²) in [6.07, 6.45) is 2.65. The van der Waals surface area contributed by atoms with Crippen molar-refractivity contribution < 1.29 is 9.53 Å². The van der Waals surface area contributed by atoms with Gasteiger partial charge in [-0.2, -0.15) is 0 Å². The van der Waals surface area contributed by atoms with E-state index in [4.69, 9.17) is 15.9 Å². The van der Waals surface area contributed by atoms with Crippen LogP contribution in [0, 0.1) is 11.3 Å². The van der Waals surface area contributed by atoms with E-state index in [1.807, 2.05) is 38.1 Å². The van der Waals surface area contributed by atoms with Gasteiger partial charge in [0.1, 0.15) is 0 Å². The minimum Gasteiger partial charge on any atom is -0.394 e. The van der Waals surface area contributed by atoms with Crippen LogP contribution in [0.2, 0.25) is 0 Å². The second-order valence-electron chi connectivity index (χ2n) is 6.60. The maximum absolute atomic E-state index is 12.1. The zero-order valence-electron chi connectivity index (χ0n) is 15.1. The molecule has 0 aliphatic carbocycles. The van der Waals surface area contributed by atoms with Crippen LogP contribution in [0.5, 0.6) is 0 Å². The molecule has 6 heteroatoms. The van der Waals surface area contributed by atoms with E-state index in [0.29, 0.717) is 11.4 Å². The molecule has 1 fully saturated rings. The van der Waals surface area contributed by atoms with Gasteiger partial charge in [0.25, 0.3) is 5.91 Å². The molecule has 0 radical (unpaired) electrons. The molecule has 136 valence electrons. The van der Waals surface area contributed by atoms with E-state index >= 15 is 0 Å². The molecule has 0 bridgehead atoms. The second-order valence-corrected chi connectivity index (χ2v) is 6.60. The summed E-state index contributed by atoms with van der Waals surface area (Å²) >= 11 is 0. The smallest absolute Gasteiger partial charge is 0.271 e. The van der Waals surface area contributed by atoms with Crippen LogP contribution in [-0.2, 0) is 9.53 Å². The Labute approximate surface area is 149 Å². The number of morpholine rings is 1. The number of rotatable bonds is 6. The summed E-state index contributed by atoms with van der Waals surface area (Å²) in [4.78, 5) is 12.1. The van der Waals surface area contributed by atoms with E-state index < -0.39 is 5.91 Å². The predicted octanol–water partition coefficient (Wildman–Crippen LogP) is 2.58. The van der Waals surface area contributed by atoms with Crippen molar-refractivity contribution in [3.63, 3.8) is 0 Å². The lowest BCUT2D eigenvalue weighted by Gasteiger charge is -2.30. The Morgan fingerprint density at radius 3 is 2.68 bits per heavy atom. The zero-order chi connectivity index (χ0) is 18.4. The van der Waals surface area contributed by atoms with Crippen LogP contribution < -0.4 is 16.4 Å². The summed E-state index contributed by atoms with van der Waals surface area (Å²) in [5.74, 6) is -0.374. The van der Waals surface area contributed by atoms with Crippen molar-refractivity contribution in [1.82, 2.24) is 5.32 Å². The van der Waals surface area contributed by atoms with E-state index in [1.165, 1.54) is 6.08 Å². The molecular formula is C19H28N4O2. The third kappa shape index (κ3) is 5.41. The fourth-order valence-electron chi connectivity index (χ4n) is 2.53. The topological polar surface area (TPSA) is 100 Å². The molecule has 0 spiro atoms. The molecule has 2 atom stereocenters. The second kappa shape index (κ2) is 8.78. The van der Waals surface area contributed by atoms with Crippen LogP contribution in [0.1, 0.15) is 38.9 Å². The fraction of sp³-hybridized carbons (Fsp3) is 0.474. The first-order chi connectivity index (χ1) is 11.9. The average Bonchev–Trinajstić information content (AvgIpc) is 2.62. The van der Waals surface area contributed by atoms with Crippen LogP contribution in [0.3, 0.4) is 0 Å². The Morgan fingerprint density at radius 2 is 2.08 bits per heavy atom. The van der Waals surface area contributed by atoms with Gasteiger partial charge in [0.2, 0.25) is 0 Å². The molecule has 1 saturated heterocycles. The van der Waals surface area contributed by atoms with Crippen molar-refractivity contribution in [2.45, 2.75) is 39.4 Å². The number of amides is 1. The number of carbonyl (C=O) groups is 1. The van der Waals surface area contributed by atoms with Gasteiger partial charge in [0.15, 0.2) is 0 Å². The first-order valence-corrected chi connectivity index (χ1v) is 8.73. The van der Waals surface area contributed by atoms with Crippen LogP contribution >= 0.6 is 0 Å². The van der Waals surface area contributed by atoms with Crippen molar-refractivity contribution in [2.75, 3.05) is 18.4 Å². The Balaban J connectivity index is 1.98. The number of anilines is 1. The average molecular weight is 344 g/mol. The highest BCUT2D eigenvalue weighted by Gasteiger charge is 2.22. The van der Waals surface area contributed by atoms with Gasteiger partial charge in [-0.3, -0.25) is 4.79 Å². The van der Waals surface area contributed by atoms with Crippen LogP contribution in [0.15, 0.2) is 36.0 Å². The quantitative estimate of drug-likeness (QED) is 0.471. The number of allylic oxidation sites excluding steroid dienone is 1. The van der Waals surface area contributed by atoms with Gasteiger partial charge in [0, 0.05) is 24.5 Å². The molecule has 25 heavy (non-hydrogen) atoms. The van der Waals surface area contributed by atoms with Crippen LogP contribution in [0.25, 0.3) is 0 Å². The van der Waals surface area contributed by atoms with Crippen LogP contribution in [-0.4, -0.2) is 30.8 Å². The van der Waals surface area contributed by atoms with Crippen LogP contribution in [0.4, 0.5) is 5.69 Å². The highest BCUT2D eigenvalue weighted by molar-refractivity contribution is 6.08. The largest absolute Gasteiger partial charge is 0.394 e. The highest BCUT2D eigenvalue weighted by atomic mass is 16.5. The molecule has 1 heterocycles. The van der Waals surface area contributed by atoms with Gasteiger partial charge >= 0.3 is 0 Å². The van der Waals surface area contributed by atoms with Gasteiger partial charge < -0.3 is 26.5 Å². The van der Waals surface area contributed by atoms with Gasteiger partial charge in [-0.15, -0.1) is 0 Å². The van der Waals surface area contributed by atoms with Gasteiger partial charge in [-0.25, -0.2) is 0 Å². The standard InChI is InChI=1S/C19H28N4O2/c1-4-15-10-22-11-18(25-15)13-5-7-14(8-6-13)23-19(24)17(21)9-16(20)12(2)3/h5-9,12,15,18,20,22H,4,10-11,21H2,1-3H3,(H,23,24)/b17-9-,20-16?/t15-,18-/m1/s1. The maximum atomic E-state index is 12.1. The molecule has 6 nitrogen and oxygen atoms in total. The van der Waals surface area contributed by atoms with E-state index in [2.05, 4.69) is 17.6 Å². The summed E-state index contributed by atoms with van der Waals surface area (Å²) in [6, 6.07) is 7.59. The molecule has 2 rings (SSSR count). The molecule has 1 aliphatic heterocycles. The first kappa shape index (κ1) is 19.1. The maximum Gasteiger partial charge on any atom is 0.271 e. The van der Waals surface area contributed by atoms with Crippen molar-refractivity contribution >= 4 is 17.3 Å². The summed E-state index contributed by atoms with van der Waals surface area (Å²) in [6.45, 7) is 7.56. The van der Waals surface area contributed by atoms with E-state index in [-0.39, 0.29) is 23.8 Å². The van der Waals surface area contributed by atoms with Crippen molar-refractivity contribution in [3.8, 4) is 0 Å². The van der Waals surface area contributed by atoms with Crippen molar-refractivity contribution in [3.05, 3.63) is 41.6 Å². The monoisotopic (exact) mass is 344 g/mol. The lowest BCUT2D eigenvalue weighted by atomic mass is 10.1. The zero-order valence-corrected chi connectivity index (χ0v) is 15.1. The summed E-state index contributed by atoms with van der Waals surface area (Å²) in [5.41, 5.74) is 7.87. The fourth-order valence-corrected chi connectivity index (χ4v) is 2.53. The molecule has 1 aliphatic rings. The van der Waals surface area contributed by atoms with E-state index in [1.54, 1.807) is 0 Å². The minimum absolute atomic E-state index is 0.0277. The minimum atomic E-state index is -0.403. The summed E-state index contributed by atoms with van der Waals surface area (Å²) in [5, 5.41) is 13.9. The first-order valence-electron chi connectivity index (χ1n) is 8.73. The Bertz CT molecular complexity index is 637. The number of ether oxygens (including phenoxy) is 1. The number of hydrogen-bond acceptors (Lipinski definition) is 5. The third-order valence-electron chi connectivity index (χ3n) is 4.25. The van der Waals surface area contributed by atoms with Crippen molar-refractivity contribution in [2.24, 2.45) is 11.7 Å². The number of nitrogens with one attached hydrogen (secondary N) is 3. The number of carbonyl (C=O) groups excluding carboxylic acids is 1. The van der Waals surface area contributed by atoms with Gasteiger partial charge in [-0.1, -0.05) is 32.9 Å². The lowest BCUT2D eigenvalue weighted by Crippen LogP contribution is -2.40. The normalized spacial score (nSPS) is 21.2. The Morgan fingerprint density at radius 1 is 1.40 bits per heavy atom. The van der Waals surface area contributed by atoms with Gasteiger partial charge in [-0.05, 0) is 36.1 Å². The Kier molecular flexibility index (Phi) is 6.73. The molecule has 0 unspecified atom stereocenters. The Hall–Kier alpha value is -2.18. The van der Waals surface area contributed by atoms with Gasteiger partial charge in [0.05, 0.1) is 17.9 Å². The highest BCUT2D eigenvalue weighted by Crippen LogP contribution is 2.24. The van der Waals surface area contributed by atoms with E-state index in [0.717, 1.165) is 25.1 Å². The number of hydrogen-bond donors (Lipinski definition) is 4. The molecule has 5 N–H and O–H groups in total. The molecule has 1 aromatic rings. The molecular weight excluding hydrogens is 316 g/mol. The summed E-state index contributed by atoms with van der Waals surface area (Å²) < 4.78 is 6.04. The predicted molar refractivity (Wildman–Crippen MR) is 101 cm³/mol. The SMILES string of the molecule is CC[C@@H]1CNC[C@H](c2ccc(NC(=O)/C(N)=C/C(=N)C(C)C)cc2)O1. The number of nitrogens with two attached hydrogens (primary N) is 1. The van der Waals surface area contributed by atoms with Crippen molar-refractivity contribution in [1.29, 1.82) is 5.41 Å². The lowest BCUT2D eigenvalue weighted by molar-refractivity contribution is -0.112. The summed E-state index contributed by atoms with van der Waals surface area (Å²) in [7, 11) is 0. The molecule has 1 amide bonds.